The summed E-state index contributed by atoms with van der Waals surface area (Å²) in [6, 6.07) is 9.67. The quantitative estimate of drug-likeness (QED) is 0.407. The molecule has 0 aliphatic heterocycles. The van der Waals surface area contributed by atoms with Crippen LogP contribution in [0.2, 0.25) is 0 Å². The van der Waals surface area contributed by atoms with Crippen LogP contribution in [0.15, 0.2) is 47.4 Å². The summed E-state index contributed by atoms with van der Waals surface area (Å²) in [6.07, 6.45) is 0. The maximum Gasteiger partial charge on any atom is 0.270 e. The van der Waals surface area contributed by atoms with Crippen molar-refractivity contribution in [3.63, 3.8) is 0 Å². The van der Waals surface area contributed by atoms with Gasteiger partial charge in [-0.2, -0.15) is 0 Å². The van der Waals surface area contributed by atoms with Gasteiger partial charge in [0.15, 0.2) is 0 Å². The molecule has 1 N–H and O–H groups in total. The van der Waals surface area contributed by atoms with Crippen LogP contribution >= 0.6 is 22.6 Å². The Hall–Kier alpha value is -2.05. The van der Waals surface area contributed by atoms with Gasteiger partial charge in [-0.25, -0.2) is 12.7 Å². The summed E-state index contributed by atoms with van der Waals surface area (Å²) in [6.45, 7) is 0. The van der Waals surface area contributed by atoms with Crippen LogP contribution in [0.25, 0.3) is 0 Å². The van der Waals surface area contributed by atoms with E-state index in [1.54, 1.807) is 0 Å². The van der Waals surface area contributed by atoms with Crippen molar-refractivity contribution in [3.8, 4) is 0 Å². The zero-order valence-corrected chi connectivity index (χ0v) is 16.2. The lowest BCUT2D eigenvalue weighted by atomic mass is 10.2. The van der Waals surface area contributed by atoms with Crippen molar-refractivity contribution in [2.75, 3.05) is 19.4 Å². The molecule has 2 aromatic carbocycles. The minimum absolute atomic E-state index is 0.0976. The van der Waals surface area contributed by atoms with Gasteiger partial charge < -0.3 is 5.32 Å². The van der Waals surface area contributed by atoms with E-state index in [1.807, 2.05) is 22.6 Å². The number of nitrogens with one attached hydrogen (secondary N) is 1. The number of benzene rings is 2. The molecule has 0 atom stereocenters. The number of amides is 1. The Bertz CT molecular complexity index is 927. The van der Waals surface area contributed by atoms with E-state index in [2.05, 4.69) is 5.32 Å². The highest BCUT2D eigenvalue weighted by Gasteiger charge is 2.18. The zero-order chi connectivity index (χ0) is 18.8. The Morgan fingerprint density at radius 2 is 1.76 bits per heavy atom. The molecule has 8 nitrogen and oxygen atoms in total. The number of sulfonamides is 1. The largest absolute Gasteiger partial charge is 0.322 e. The molecular formula is C15H14IN3O5S. The molecule has 10 heteroatoms. The van der Waals surface area contributed by atoms with Gasteiger partial charge in [-0.05, 0) is 52.9 Å². The Morgan fingerprint density at radius 3 is 2.28 bits per heavy atom. The lowest BCUT2D eigenvalue weighted by Crippen LogP contribution is -2.22. The Balaban J connectivity index is 2.25. The Labute approximate surface area is 158 Å². The number of non-ortho nitro benzene ring substituents is 1. The fraction of sp³-hybridized carbons (Fsp3) is 0.133. The molecule has 0 bridgehead atoms. The molecule has 2 rings (SSSR count). The van der Waals surface area contributed by atoms with Crippen LogP contribution in [0.1, 0.15) is 10.4 Å². The molecule has 0 aromatic heterocycles. The second kappa shape index (κ2) is 7.45. The van der Waals surface area contributed by atoms with Crippen LogP contribution in [0.4, 0.5) is 11.4 Å². The van der Waals surface area contributed by atoms with Crippen molar-refractivity contribution in [2.24, 2.45) is 0 Å². The van der Waals surface area contributed by atoms with Gasteiger partial charge in [0.05, 0.1) is 15.4 Å². The lowest BCUT2D eigenvalue weighted by molar-refractivity contribution is -0.384. The second-order valence-corrected chi connectivity index (χ2v) is 8.50. The standard InChI is InChI=1S/C15H14IN3O5S/c1-18(2)25(23,24)12-6-3-10(4-7-12)17-15(20)13-9-11(19(21)22)5-8-14(13)16/h3-9H,1-2H3,(H,17,20). The Kier molecular flexibility index (Phi) is 5.75. The molecule has 0 spiro atoms. The summed E-state index contributed by atoms with van der Waals surface area (Å²) < 4.78 is 25.7. The fourth-order valence-corrected chi connectivity index (χ4v) is 3.40. The normalized spacial score (nSPS) is 11.4. The molecule has 0 saturated heterocycles. The van der Waals surface area contributed by atoms with E-state index in [9.17, 15) is 23.3 Å². The van der Waals surface area contributed by atoms with Crippen LogP contribution in [-0.4, -0.2) is 37.6 Å². The first-order chi connectivity index (χ1) is 11.6. The molecule has 0 unspecified atom stereocenters. The van der Waals surface area contributed by atoms with E-state index in [1.165, 1.54) is 56.6 Å². The van der Waals surface area contributed by atoms with E-state index in [-0.39, 0.29) is 16.1 Å². The summed E-state index contributed by atoms with van der Waals surface area (Å²) in [5, 5.41) is 13.4. The number of hydrogen-bond donors (Lipinski definition) is 1. The zero-order valence-electron chi connectivity index (χ0n) is 13.3. The third-order valence-electron chi connectivity index (χ3n) is 3.30. The molecule has 0 heterocycles. The highest BCUT2D eigenvalue weighted by Crippen LogP contribution is 2.22. The fourth-order valence-electron chi connectivity index (χ4n) is 1.92. The van der Waals surface area contributed by atoms with Crippen LogP contribution in [-0.2, 0) is 10.0 Å². The van der Waals surface area contributed by atoms with Crippen LogP contribution < -0.4 is 5.32 Å². The van der Waals surface area contributed by atoms with E-state index >= 15 is 0 Å². The summed E-state index contributed by atoms with van der Waals surface area (Å²) in [5.41, 5.74) is 0.364. The van der Waals surface area contributed by atoms with Crippen molar-refractivity contribution < 1.29 is 18.1 Å². The number of nitro groups is 1. The highest BCUT2D eigenvalue weighted by atomic mass is 127. The van der Waals surface area contributed by atoms with Gasteiger partial charge >= 0.3 is 0 Å². The molecule has 2 aromatic rings. The first kappa shape index (κ1) is 19.3. The molecule has 0 aliphatic rings. The predicted molar refractivity (Wildman–Crippen MR) is 101 cm³/mol. The molecule has 0 aliphatic carbocycles. The third kappa shape index (κ3) is 4.32. The van der Waals surface area contributed by atoms with Gasteiger partial charge in [0.1, 0.15) is 0 Å². The number of nitrogens with zero attached hydrogens (tertiary/aromatic N) is 2. The van der Waals surface area contributed by atoms with Crippen molar-refractivity contribution in [1.82, 2.24) is 4.31 Å². The average Bonchev–Trinajstić information content (AvgIpc) is 2.55. The van der Waals surface area contributed by atoms with E-state index in [4.69, 9.17) is 0 Å². The molecule has 1 amide bonds. The summed E-state index contributed by atoms with van der Waals surface area (Å²) >= 11 is 1.91. The number of nitro benzene ring substituents is 1. The molecule has 0 saturated carbocycles. The topological polar surface area (TPSA) is 110 Å². The monoisotopic (exact) mass is 475 g/mol. The van der Waals surface area contributed by atoms with Gasteiger partial charge in [0.25, 0.3) is 11.6 Å². The smallest absolute Gasteiger partial charge is 0.270 e. The van der Waals surface area contributed by atoms with Gasteiger partial charge in [-0.1, -0.05) is 0 Å². The Morgan fingerprint density at radius 1 is 1.16 bits per heavy atom. The molecule has 25 heavy (non-hydrogen) atoms. The van der Waals surface area contributed by atoms with Crippen molar-refractivity contribution >= 4 is 49.9 Å². The van der Waals surface area contributed by atoms with Crippen molar-refractivity contribution in [1.29, 1.82) is 0 Å². The number of carbonyl (C=O) groups is 1. The molecule has 132 valence electrons. The maximum absolute atomic E-state index is 12.3. The number of rotatable bonds is 5. The van der Waals surface area contributed by atoms with E-state index < -0.39 is 20.9 Å². The van der Waals surface area contributed by atoms with Gasteiger partial charge in [0, 0.05) is 35.5 Å². The summed E-state index contributed by atoms with van der Waals surface area (Å²) in [4.78, 5) is 22.7. The number of anilines is 1. The van der Waals surface area contributed by atoms with Gasteiger partial charge in [-0.15, -0.1) is 0 Å². The minimum atomic E-state index is -3.55. The average molecular weight is 475 g/mol. The third-order valence-corrected chi connectivity index (χ3v) is 6.07. The second-order valence-electron chi connectivity index (χ2n) is 5.19. The molecular weight excluding hydrogens is 461 g/mol. The number of carbonyl (C=O) groups excluding carboxylic acids is 1. The summed E-state index contributed by atoms with van der Waals surface area (Å²) in [5.74, 6) is -0.517. The van der Waals surface area contributed by atoms with E-state index in [0.717, 1.165) is 4.31 Å². The molecule has 0 fully saturated rings. The lowest BCUT2D eigenvalue weighted by Gasteiger charge is -2.12. The van der Waals surface area contributed by atoms with Gasteiger partial charge in [0.2, 0.25) is 10.0 Å². The van der Waals surface area contributed by atoms with Crippen molar-refractivity contribution in [2.45, 2.75) is 4.90 Å². The maximum atomic E-state index is 12.3. The minimum Gasteiger partial charge on any atom is -0.322 e. The predicted octanol–water partition coefficient (Wildman–Crippen LogP) is 2.70. The SMILES string of the molecule is CN(C)S(=O)(=O)c1ccc(NC(=O)c2cc([N+](=O)[O-])ccc2I)cc1. The molecule has 0 radical (unpaired) electrons. The summed E-state index contributed by atoms with van der Waals surface area (Å²) in [7, 11) is -0.700. The van der Waals surface area contributed by atoms with Crippen LogP contribution in [0, 0.1) is 13.7 Å². The van der Waals surface area contributed by atoms with E-state index in [0.29, 0.717) is 9.26 Å². The van der Waals surface area contributed by atoms with Crippen LogP contribution in [0.5, 0.6) is 0 Å². The highest BCUT2D eigenvalue weighted by molar-refractivity contribution is 14.1. The first-order valence-corrected chi connectivity index (χ1v) is 9.42. The van der Waals surface area contributed by atoms with Crippen molar-refractivity contribution in [3.05, 3.63) is 61.7 Å². The number of hydrogen-bond acceptors (Lipinski definition) is 5. The van der Waals surface area contributed by atoms with Gasteiger partial charge in [-0.3, -0.25) is 14.9 Å². The first-order valence-electron chi connectivity index (χ1n) is 6.91. The number of halogens is 1. The van der Waals surface area contributed by atoms with Crippen LogP contribution in [0.3, 0.4) is 0 Å².